The molecular formula is C17H24BrN5O. The number of rotatable bonds is 8. The number of hydrogen-bond acceptors (Lipinski definition) is 4. The van der Waals surface area contributed by atoms with Crippen molar-refractivity contribution in [2.75, 3.05) is 0 Å². The fraction of sp³-hybridized carbons (Fsp3) is 0.529. The molecule has 6 nitrogen and oxygen atoms in total. The van der Waals surface area contributed by atoms with Crippen LogP contribution in [-0.2, 0) is 11.3 Å². The maximum Gasteiger partial charge on any atom is 0.243 e. The number of carbonyl (C=O) groups is 1. The smallest absolute Gasteiger partial charge is 0.243 e. The summed E-state index contributed by atoms with van der Waals surface area (Å²) in [6, 6.07) is 7.80. The summed E-state index contributed by atoms with van der Waals surface area (Å²) in [5.74, 6) is 1.12. The summed E-state index contributed by atoms with van der Waals surface area (Å²) >= 11 is 3.39. The highest BCUT2D eigenvalue weighted by Crippen LogP contribution is 2.17. The van der Waals surface area contributed by atoms with Crippen molar-refractivity contribution in [1.82, 2.24) is 25.5 Å². The number of amides is 1. The lowest BCUT2D eigenvalue weighted by molar-refractivity contribution is -0.122. The van der Waals surface area contributed by atoms with Crippen LogP contribution in [-0.4, -0.2) is 32.2 Å². The van der Waals surface area contributed by atoms with Gasteiger partial charge >= 0.3 is 0 Å². The standard InChI is InChI=1S/C17H24BrN5O/c1-12(2)5-4-6-13(3)19-16(24)11-23-21-17(20-22-23)14-7-9-15(18)10-8-14/h7-10,12-13H,4-6,11H2,1-3H3,(H,19,24)/t13-/m0/s1. The molecule has 0 saturated heterocycles. The van der Waals surface area contributed by atoms with Crippen molar-refractivity contribution in [2.24, 2.45) is 5.92 Å². The first kappa shape index (κ1) is 18.6. The molecule has 2 aromatic rings. The molecule has 130 valence electrons. The van der Waals surface area contributed by atoms with Crippen molar-refractivity contribution in [3.05, 3.63) is 28.7 Å². The fourth-order valence-electron chi connectivity index (χ4n) is 2.38. The molecule has 0 radical (unpaired) electrons. The van der Waals surface area contributed by atoms with Gasteiger partial charge in [0.2, 0.25) is 11.7 Å². The predicted octanol–water partition coefficient (Wildman–Crippen LogP) is 3.43. The van der Waals surface area contributed by atoms with Crippen LogP contribution >= 0.6 is 15.9 Å². The van der Waals surface area contributed by atoms with E-state index in [2.05, 4.69) is 50.5 Å². The first-order chi connectivity index (χ1) is 11.4. The number of benzene rings is 1. The molecule has 1 N–H and O–H groups in total. The minimum atomic E-state index is -0.0909. The third-order valence-electron chi connectivity index (χ3n) is 3.67. The van der Waals surface area contributed by atoms with Gasteiger partial charge in [-0.3, -0.25) is 4.79 Å². The lowest BCUT2D eigenvalue weighted by atomic mass is 10.0. The number of aromatic nitrogens is 4. The summed E-state index contributed by atoms with van der Waals surface area (Å²) < 4.78 is 0.990. The average Bonchev–Trinajstić information content (AvgIpc) is 2.95. The minimum absolute atomic E-state index is 0.0814. The zero-order chi connectivity index (χ0) is 17.5. The Bertz CT molecular complexity index is 653. The molecule has 24 heavy (non-hydrogen) atoms. The molecule has 1 amide bonds. The second-order valence-corrected chi connectivity index (χ2v) is 7.36. The number of hydrogen-bond donors (Lipinski definition) is 1. The summed E-state index contributed by atoms with van der Waals surface area (Å²) in [6.07, 6.45) is 3.29. The van der Waals surface area contributed by atoms with Crippen LogP contribution in [0.5, 0.6) is 0 Å². The molecular weight excluding hydrogens is 370 g/mol. The minimum Gasteiger partial charge on any atom is -0.352 e. The van der Waals surface area contributed by atoms with Crippen LogP contribution in [0.25, 0.3) is 11.4 Å². The van der Waals surface area contributed by atoms with Crippen LogP contribution in [0.2, 0.25) is 0 Å². The molecule has 0 saturated carbocycles. The molecule has 0 aliphatic carbocycles. The molecule has 0 spiro atoms. The highest BCUT2D eigenvalue weighted by atomic mass is 79.9. The highest BCUT2D eigenvalue weighted by Gasteiger charge is 2.11. The molecule has 0 bridgehead atoms. The van der Waals surface area contributed by atoms with Gasteiger partial charge in [-0.25, -0.2) is 0 Å². The van der Waals surface area contributed by atoms with E-state index >= 15 is 0 Å². The Hall–Kier alpha value is -1.76. The van der Waals surface area contributed by atoms with Gasteiger partial charge in [0.05, 0.1) is 0 Å². The van der Waals surface area contributed by atoms with Crippen LogP contribution in [0.3, 0.4) is 0 Å². The van der Waals surface area contributed by atoms with Crippen molar-refractivity contribution >= 4 is 21.8 Å². The summed E-state index contributed by atoms with van der Waals surface area (Å²) in [6.45, 7) is 6.53. The maximum atomic E-state index is 12.1. The van der Waals surface area contributed by atoms with Crippen LogP contribution in [0.1, 0.15) is 40.0 Å². The number of nitrogens with one attached hydrogen (secondary N) is 1. The van der Waals surface area contributed by atoms with E-state index < -0.39 is 0 Å². The molecule has 1 heterocycles. The lowest BCUT2D eigenvalue weighted by Gasteiger charge is -2.14. The Morgan fingerprint density at radius 2 is 1.92 bits per heavy atom. The Labute approximate surface area is 151 Å². The summed E-state index contributed by atoms with van der Waals surface area (Å²) in [5, 5.41) is 15.2. The van der Waals surface area contributed by atoms with E-state index in [0.717, 1.165) is 22.9 Å². The molecule has 1 aromatic heterocycles. The third-order valence-corrected chi connectivity index (χ3v) is 4.19. The van der Waals surface area contributed by atoms with Gasteiger partial charge in [-0.2, -0.15) is 4.80 Å². The van der Waals surface area contributed by atoms with Crippen molar-refractivity contribution in [3.8, 4) is 11.4 Å². The SMILES string of the molecule is CC(C)CCC[C@H](C)NC(=O)Cn1nnc(-c2ccc(Br)cc2)n1. The van der Waals surface area contributed by atoms with Gasteiger partial charge in [0.15, 0.2) is 0 Å². The fourth-order valence-corrected chi connectivity index (χ4v) is 2.64. The predicted molar refractivity (Wildman–Crippen MR) is 97.2 cm³/mol. The molecule has 0 fully saturated rings. The van der Waals surface area contributed by atoms with E-state index in [1.807, 2.05) is 31.2 Å². The van der Waals surface area contributed by atoms with Gasteiger partial charge in [-0.1, -0.05) is 42.6 Å². The third kappa shape index (κ3) is 6.03. The van der Waals surface area contributed by atoms with Gasteiger partial charge in [-0.05, 0) is 48.7 Å². The van der Waals surface area contributed by atoms with E-state index in [-0.39, 0.29) is 18.5 Å². The second-order valence-electron chi connectivity index (χ2n) is 6.44. The summed E-state index contributed by atoms with van der Waals surface area (Å²) in [7, 11) is 0. The van der Waals surface area contributed by atoms with Crippen LogP contribution < -0.4 is 5.32 Å². The monoisotopic (exact) mass is 393 g/mol. The topological polar surface area (TPSA) is 72.7 Å². The lowest BCUT2D eigenvalue weighted by Crippen LogP contribution is -2.35. The normalized spacial score (nSPS) is 12.4. The van der Waals surface area contributed by atoms with E-state index in [1.165, 1.54) is 11.2 Å². The first-order valence-electron chi connectivity index (χ1n) is 8.27. The molecule has 0 unspecified atom stereocenters. The van der Waals surface area contributed by atoms with Gasteiger partial charge in [0.25, 0.3) is 0 Å². The van der Waals surface area contributed by atoms with Gasteiger partial charge in [-0.15, -0.1) is 10.2 Å². The van der Waals surface area contributed by atoms with Crippen LogP contribution in [0.15, 0.2) is 28.7 Å². The molecule has 0 aliphatic heterocycles. The molecule has 0 aliphatic rings. The highest BCUT2D eigenvalue weighted by molar-refractivity contribution is 9.10. The Morgan fingerprint density at radius 1 is 1.21 bits per heavy atom. The zero-order valence-electron chi connectivity index (χ0n) is 14.4. The van der Waals surface area contributed by atoms with Crippen molar-refractivity contribution < 1.29 is 4.79 Å². The van der Waals surface area contributed by atoms with Crippen molar-refractivity contribution in [3.63, 3.8) is 0 Å². The Morgan fingerprint density at radius 3 is 2.58 bits per heavy atom. The first-order valence-corrected chi connectivity index (χ1v) is 9.06. The van der Waals surface area contributed by atoms with Gasteiger partial charge < -0.3 is 5.32 Å². The van der Waals surface area contributed by atoms with Crippen molar-refractivity contribution in [2.45, 2.75) is 52.6 Å². The largest absolute Gasteiger partial charge is 0.352 e. The number of nitrogens with zero attached hydrogens (tertiary/aromatic N) is 4. The van der Waals surface area contributed by atoms with Gasteiger partial charge in [0, 0.05) is 16.1 Å². The number of tetrazole rings is 1. The number of halogens is 1. The Balaban J connectivity index is 1.83. The summed E-state index contributed by atoms with van der Waals surface area (Å²) in [5.41, 5.74) is 0.868. The van der Waals surface area contributed by atoms with E-state index in [4.69, 9.17) is 0 Å². The molecule has 2 rings (SSSR count). The van der Waals surface area contributed by atoms with Crippen molar-refractivity contribution in [1.29, 1.82) is 0 Å². The molecule has 1 atom stereocenters. The van der Waals surface area contributed by atoms with E-state index in [9.17, 15) is 4.79 Å². The molecule has 7 heteroatoms. The van der Waals surface area contributed by atoms with Crippen LogP contribution in [0.4, 0.5) is 0 Å². The number of carbonyl (C=O) groups excluding carboxylic acids is 1. The van der Waals surface area contributed by atoms with E-state index in [0.29, 0.717) is 11.7 Å². The van der Waals surface area contributed by atoms with Gasteiger partial charge in [0.1, 0.15) is 6.54 Å². The maximum absolute atomic E-state index is 12.1. The van der Waals surface area contributed by atoms with Crippen LogP contribution in [0, 0.1) is 5.92 Å². The quantitative estimate of drug-likeness (QED) is 0.745. The average molecular weight is 394 g/mol. The zero-order valence-corrected chi connectivity index (χ0v) is 16.0. The van der Waals surface area contributed by atoms with E-state index in [1.54, 1.807) is 0 Å². The molecule has 1 aromatic carbocycles. The summed E-state index contributed by atoms with van der Waals surface area (Å²) in [4.78, 5) is 13.4. The second kappa shape index (κ2) is 8.92. The Kier molecular flexibility index (Phi) is 6.90.